The molecule has 0 radical (unpaired) electrons. The van der Waals surface area contributed by atoms with Gasteiger partial charge < -0.3 is 25.5 Å². The molecule has 1 fully saturated rings. The summed E-state index contributed by atoms with van der Waals surface area (Å²) in [5.74, 6) is 0. The van der Waals surface area contributed by atoms with Crippen molar-refractivity contribution in [1.29, 1.82) is 0 Å². The molecule has 0 atom stereocenters. The van der Waals surface area contributed by atoms with Crippen molar-refractivity contribution in [3.8, 4) is 0 Å². The van der Waals surface area contributed by atoms with Gasteiger partial charge in [0.05, 0.1) is 5.60 Å². The molecule has 0 bridgehead atoms. The number of fused-ring (bicyclic) bond motifs is 1. The lowest BCUT2D eigenvalue weighted by Gasteiger charge is -2.35. The van der Waals surface area contributed by atoms with E-state index in [1.54, 1.807) is 0 Å². The van der Waals surface area contributed by atoms with Gasteiger partial charge in [-0.15, -0.1) is 0 Å². The number of carbonyl (C=O) groups is 1. The number of carbonyl (C=O) groups excluding carboxylic acids is 1. The number of likely N-dealkylation sites (tertiary alicyclic amines) is 1. The summed E-state index contributed by atoms with van der Waals surface area (Å²) >= 11 is 0. The quantitative estimate of drug-likeness (QED) is 0.703. The van der Waals surface area contributed by atoms with Crippen molar-refractivity contribution in [2.75, 3.05) is 46.8 Å². The summed E-state index contributed by atoms with van der Waals surface area (Å²) in [4.78, 5) is 16.7. The van der Waals surface area contributed by atoms with E-state index >= 15 is 0 Å². The van der Waals surface area contributed by atoms with E-state index in [4.69, 9.17) is 0 Å². The van der Waals surface area contributed by atoms with Gasteiger partial charge in [0.15, 0.2) is 0 Å². The first-order chi connectivity index (χ1) is 12.5. The predicted octanol–water partition coefficient (Wildman–Crippen LogP) is 0.842. The summed E-state index contributed by atoms with van der Waals surface area (Å²) in [7, 11) is 4.28. The van der Waals surface area contributed by atoms with Crippen molar-refractivity contribution in [3.63, 3.8) is 0 Å². The van der Waals surface area contributed by atoms with Crippen molar-refractivity contribution in [3.05, 3.63) is 35.4 Å². The van der Waals surface area contributed by atoms with E-state index in [0.717, 1.165) is 19.6 Å². The highest BCUT2D eigenvalue weighted by Gasteiger charge is 2.35. The van der Waals surface area contributed by atoms with Crippen molar-refractivity contribution < 1.29 is 9.90 Å². The molecule has 6 heteroatoms. The van der Waals surface area contributed by atoms with Gasteiger partial charge in [0.1, 0.15) is 0 Å². The minimum absolute atomic E-state index is 0.197. The number of rotatable bonds is 6. The summed E-state index contributed by atoms with van der Waals surface area (Å²) in [5, 5.41) is 16.5. The smallest absolute Gasteiger partial charge is 0.314 e. The minimum atomic E-state index is -0.866. The molecular formula is C20H32N4O2. The molecule has 6 nitrogen and oxygen atoms in total. The average molecular weight is 361 g/mol. The Labute approximate surface area is 156 Å². The van der Waals surface area contributed by atoms with Crippen molar-refractivity contribution in [1.82, 2.24) is 20.4 Å². The molecule has 0 aromatic heterocycles. The molecule has 3 rings (SSSR count). The fraction of sp³-hybridized carbons (Fsp3) is 0.650. The van der Waals surface area contributed by atoms with Crippen LogP contribution in [-0.4, -0.2) is 79.4 Å². The Morgan fingerprint density at radius 2 is 1.81 bits per heavy atom. The van der Waals surface area contributed by atoms with Crippen LogP contribution in [0.2, 0.25) is 0 Å². The maximum absolute atomic E-state index is 12.0. The standard InChI is InChI=1S/C20H32N4O2/c1-23(2)18-7-10-24(11-8-18)12-9-21-19(25)22-15-20(26)13-16-5-3-4-6-17(16)14-20/h3-6,18,26H,7-15H2,1-2H3,(H2,21,22,25). The van der Waals surface area contributed by atoms with Crippen LogP contribution in [-0.2, 0) is 12.8 Å². The predicted molar refractivity (Wildman–Crippen MR) is 103 cm³/mol. The summed E-state index contributed by atoms with van der Waals surface area (Å²) < 4.78 is 0. The van der Waals surface area contributed by atoms with Crippen molar-refractivity contribution >= 4 is 6.03 Å². The van der Waals surface area contributed by atoms with Crippen LogP contribution in [0, 0.1) is 0 Å². The van der Waals surface area contributed by atoms with E-state index in [-0.39, 0.29) is 12.6 Å². The molecule has 144 valence electrons. The van der Waals surface area contributed by atoms with Crippen LogP contribution in [0.3, 0.4) is 0 Å². The number of urea groups is 1. The molecule has 1 aliphatic heterocycles. The van der Waals surface area contributed by atoms with Gasteiger partial charge in [-0.3, -0.25) is 0 Å². The number of benzene rings is 1. The first-order valence-corrected chi connectivity index (χ1v) is 9.65. The van der Waals surface area contributed by atoms with Crippen molar-refractivity contribution in [2.24, 2.45) is 0 Å². The van der Waals surface area contributed by atoms with E-state index in [0.29, 0.717) is 25.4 Å². The third kappa shape index (κ3) is 4.96. The monoisotopic (exact) mass is 360 g/mol. The van der Waals surface area contributed by atoms with E-state index in [2.05, 4.69) is 34.5 Å². The van der Waals surface area contributed by atoms with Crippen LogP contribution in [0.5, 0.6) is 0 Å². The summed E-state index contributed by atoms with van der Waals surface area (Å²) in [6.45, 7) is 3.97. The summed E-state index contributed by atoms with van der Waals surface area (Å²) in [6.07, 6.45) is 3.58. The Hall–Kier alpha value is -1.63. The molecule has 1 aromatic carbocycles. The van der Waals surface area contributed by atoms with E-state index in [9.17, 15) is 9.90 Å². The van der Waals surface area contributed by atoms with Gasteiger partial charge in [0.2, 0.25) is 0 Å². The fourth-order valence-corrected chi connectivity index (χ4v) is 4.09. The first-order valence-electron chi connectivity index (χ1n) is 9.65. The number of nitrogens with one attached hydrogen (secondary N) is 2. The molecule has 1 aliphatic carbocycles. The molecule has 2 aliphatic rings. The van der Waals surface area contributed by atoms with Crippen LogP contribution in [0.1, 0.15) is 24.0 Å². The topological polar surface area (TPSA) is 67.8 Å². The minimum Gasteiger partial charge on any atom is -0.387 e. The van der Waals surface area contributed by atoms with Crippen LogP contribution in [0.15, 0.2) is 24.3 Å². The largest absolute Gasteiger partial charge is 0.387 e. The third-order valence-electron chi connectivity index (χ3n) is 5.74. The van der Waals surface area contributed by atoms with Gasteiger partial charge >= 0.3 is 6.03 Å². The molecular weight excluding hydrogens is 328 g/mol. The highest BCUT2D eigenvalue weighted by molar-refractivity contribution is 5.73. The molecule has 1 saturated heterocycles. The van der Waals surface area contributed by atoms with Crippen LogP contribution in [0.4, 0.5) is 4.79 Å². The normalized spacial score (nSPS) is 20.2. The molecule has 3 N–H and O–H groups in total. The second-order valence-electron chi connectivity index (χ2n) is 7.99. The molecule has 0 unspecified atom stereocenters. The second-order valence-corrected chi connectivity index (χ2v) is 7.99. The number of hydrogen-bond donors (Lipinski definition) is 3. The number of aliphatic hydroxyl groups is 1. The van der Waals surface area contributed by atoms with E-state index in [1.165, 1.54) is 24.0 Å². The molecule has 2 amide bonds. The molecule has 26 heavy (non-hydrogen) atoms. The van der Waals surface area contributed by atoms with Gasteiger partial charge in [0, 0.05) is 38.5 Å². The first kappa shape index (κ1) is 19.1. The lowest BCUT2D eigenvalue weighted by molar-refractivity contribution is 0.0536. The Morgan fingerprint density at radius 1 is 1.19 bits per heavy atom. The number of amides is 2. The maximum Gasteiger partial charge on any atom is 0.314 e. The third-order valence-corrected chi connectivity index (χ3v) is 5.74. The SMILES string of the molecule is CN(C)C1CCN(CCNC(=O)NCC2(O)Cc3ccccc3C2)CC1. The molecule has 0 spiro atoms. The Balaban J connectivity index is 1.32. The highest BCUT2D eigenvalue weighted by Crippen LogP contribution is 2.29. The fourth-order valence-electron chi connectivity index (χ4n) is 4.09. The van der Waals surface area contributed by atoms with Gasteiger partial charge in [-0.25, -0.2) is 4.79 Å². The number of nitrogens with zero attached hydrogens (tertiary/aromatic N) is 2. The zero-order valence-electron chi connectivity index (χ0n) is 16.0. The zero-order valence-corrected chi connectivity index (χ0v) is 16.0. The van der Waals surface area contributed by atoms with Crippen LogP contribution in [0.25, 0.3) is 0 Å². The Kier molecular flexibility index (Phi) is 6.16. The maximum atomic E-state index is 12.0. The van der Waals surface area contributed by atoms with Crippen molar-refractivity contribution in [2.45, 2.75) is 37.3 Å². The summed E-state index contributed by atoms with van der Waals surface area (Å²) in [5.41, 5.74) is 1.49. The van der Waals surface area contributed by atoms with Gasteiger partial charge in [0.25, 0.3) is 0 Å². The van der Waals surface area contributed by atoms with Crippen LogP contribution < -0.4 is 10.6 Å². The van der Waals surface area contributed by atoms with Crippen LogP contribution >= 0.6 is 0 Å². The Bertz CT molecular complexity index is 587. The average Bonchev–Trinajstić information content (AvgIpc) is 2.97. The summed E-state index contributed by atoms with van der Waals surface area (Å²) in [6, 6.07) is 8.56. The van der Waals surface area contributed by atoms with Gasteiger partial charge in [-0.1, -0.05) is 24.3 Å². The van der Waals surface area contributed by atoms with Gasteiger partial charge in [-0.05, 0) is 51.2 Å². The molecule has 1 aromatic rings. The van der Waals surface area contributed by atoms with Gasteiger partial charge in [-0.2, -0.15) is 0 Å². The zero-order chi connectivity index (χ0) is 18.6. The molecule has 0 saturated carbocycles. The lowest BCUT2D eigenvalue weighted by Crippen LogP contribution is -2.49. The second kappa shape index (κ2) is 8.37. The number of piperidine rings is 1. The highest BCUT2D eigenvalue weighted by atomic mass is 16.3. The Morgan fingerprint density at radius 3 is 2.38 bits per heavy atom. The number of hydrogen-bond acceptors (Lipinski definition) is 4. The van der Waals surface area contributed by atoms with E-state index in [1.807, 2.05) is 24.3 Å². The lowest BCUT2D eigenvalue weighted by atomic mass is 10.0. The van der Waals surface area contributed by atoms with E-state index < -0.39 is 5.60 Å². The molecule has 1 heterocycles.